The number of nitrogens with one attached hydrogen (secondary N) is 1. The highest BCUT2D eigenvalue weighted by molar-refractivity contribution is 7.11. The van der Waals surface area contributed by atoms with E-state index in [1.165, 1.54) is 16.2 Å². The van der Waals surface area contributed by atoms with Crippen molar-refractivity contribution in [1.29, 1.82) is 0 Å². The molecule has 0 spiro atoms. The second-order valence-electron chi connectivity index (χ2n) is 6.64. The van der Waals surface area contributed by atoms with Crippen LogP contribution in [0.1, 0.15) is 17.4 Å². The van der Waals surface area contributed by atoms with Gasteiger partial charge in [-0.3, -0.25) is 14.5 Å². The molecule has 0 fully saturated rings. The molecular weight excluding hydrogens is 420 g/mol. The normalized spacial score (nSPS) is 13.9. The maximum absolute atomic E-state index is 13.2. The molecule has 0 unspecified atom stereocenters. The molecule has 7 heteroatoms. The van der Waals surface area contributed by atoms with E-state index in [-0.39, 0.29) is 24.1 Å². The van der Waals surface area contributed by atoms with E-state index in [1.54, 1.807) is 12.1 Å². The molecule has 5 nitrogen and oxygen atoms in total. The lowest BCUT2D eigenvalue weighted by atomic mass is 10.1. The number of hydrogen-bond donors (Lipinski definition) is 1. The monoisotopic (exact) mass is 438 g/mol. The van der Waals surface area contributed by atoms with Gasteiger partial charge in [0.2, 0.25) is 0 Å². The maximum Gasteiger partial charge on any atom is 0.278 e. The third-order valence-corrected chi connectivity index (χ3v) is 5.74. The molecule has 0 saturated heterocycles. The van der Waals surface area contributed by atoms with Crippen molar-refractivity contribution in [3.05, 3.63) is 87.2 Å². The summed E-state index contributed by atoms with van der Waals surface area (Å²) in [5, 5.41) is 5.64. The molecule has 1 N–H and O–H groups in total. The predicted octanol–water partition coefficient (Wildman–Crippen LogP) is 5.19. The number of carbonyl (C=O) groups is 2. The first-order chi connectivity index (χ1) is 14.6. The van der Waals surface area contributed by atoms with Crippen LogP contribution in [-0.4, -0.2) is 23.3 Å². The molecule has 0 atom stereocenters. The van der Waals surface area contributed by atoms with Crippen LogP contribution in [-0.2, 0) is 16.1 Å². The zero-order chi connectivity index (χ0) is 21.1. The minimum absolute atomic E-state index is 0.174. The van der Waals surface area contributed by atoms with Gasteiger partial charge in [-0.15, -0.1) is 11.3 Å². The van der Waals surface area contributed by atoms with Gasteiger partial charge >= 0.3 is 0 Å². The molecule has 1 aliphatic heterocycles. The van der Waals surface area contributed by atoms with Gasteiger partial charge in [0.15, 0.2) is 0 Å². The highest BCUT2D eigenvalue weighted by atomic mass is 35.5. The summed E-state index contributed by atoms with van der Waals surface area (Å²) < 4.78 is 5.54. The summed E-state index contributed by atoms with van der Waals surface area (Å²) >= 11 is 7.37. The van der Waals surface area contributed by atoms with Gasteiger partial charge in [-0.05, 0) is 48.2 Å². The van der Waals surface area contributed by atoms with E-state index in [1.807, 2.05) is 60.8 Å². The maximum atomic E-state index is 13.2. The number of benzene rings is 2. The van der Waals surface area contributed by atoms with Crippen molar-refractivity contribution in [1.82, 2.24) is 4.90 Å². The Labute approximate surface area is 183 Å². The summed E-state index contributed by atoms with van der Waals surface area (Å²) in [4.78, 5) is 28.5. The number of rotatable bonds is 7. The van der Waals surface area contributed by atoms with Crippen LogP contribution in [0.5, 0.6) is 5.75 Å². The van der Waals surface area contributed by atoms with Crippen molar-refractivity contribution in [3.8, 4) is 5.75 Å². The van der Waals surface area contributed by atoms with E-state index >= 15 is 0 Å². The van der Waals surface area contributed by atoms with E-state index in [2.05, 4.69) is 5.32 Å². The van der Waals surface area contributed by atoms with Crippen molar-refractivity contribution in [3.63, 3.8) is 0 Å². The zero-order valence-corrected chi connectivity index (χ0v) is 17.8. The van der Waals surface area contributed by atoms with Gasteiger partial charge in [0.1, 0.15) is 11.4 Å². The molecule has 30 heavy (non-hydrogen) atoms. The summed E-state index contributed by atoms with van der Waals surface area (Å²) in [5.41, 5.74) is 2.15. The number of carbonyl (C=O) groups excluding carboxylic acids is 2. The van der Waals surface area contributed by atoms with Crippen LogP contribution in [0.4, 0.5) is 5.69 Å². The lowest BCUT2D eigenvalue weighted by molar-refractivity contribution is -0.137. The topological polar surface area (TPSA) is 58.6 Å². The number of amides is 2. The Bertz CT molecular complexity index is 1110. The summed E-state index contributed by atoms with van der Waals surface area (Å²) in [6.07, 6.45) is 0. The SMILES string of the molecule is CCOc1cccc(NC2=C(c3cccs3)C(=O)N(Cc3ccc(Cl)cc3)C2=O)c1. The van der Waals surface area contributed by atoms with Crippen LogP contribution in [0.2, 0.25) is 5.02 Å². The van der Waals surface area contributed by atoms with Crippen molar-refractivity contribution >= 4 is 46.0 Å². The van der Waals surface area contributed by atoms with Gasteiger partial charge < -0.3 is 10.1 Å². The number of ether oxygens (including phenoxy) is 1. The van der Waals surface area contributed by atoms with Gasteiger partial charge in [0, 0.05) is 21.7 Å². The van der Waals surface area contributed by atoms with Crippen molar-refractivity contribution in [2.24, 2.45) is 0 Å². The largest absolute Gasteiger partial charge is 0.494 e. The van der Waals surface area contributed by atoms with Crippen LogP contribution in [0.25, 0.3) is 5.57 Å². The zero-order valence-electron chi connectivity index (χ0n) is 16.2. The van der Waals surface area contributed by atoms with E-state index in [0.29, 0.717) is 28.6 Å². The first-order valence-corrected chi connectivity index (χ1v) is 10.7. The van der Waals surface area contributed by atoms with E-state index in [9.17, 15) is 9.59 Å². The molecule has 4 rings (SSSR count). The highest BCUT2D eigenvalue weighted by Crippen LogP contribution is 2.34. The quantitative estimate of drug-likeness (QED) is 0.515. The lowest BCUT2D eigenvalue weighted by Gasteiger charge is -2.15. The number of halogens is 1. The van der Waals surface area contributed by atoms with E-state index in [0.717, 1.165) is 10.4 Å². The van der Waals surface area contributed by atoms with Crippen molar-refractivity contribution < 1.29 is 14.3 Å². The Kier molecular flexibility index (Phi) is 5.88. The molecule has 0 saturated carbocycles. The molecule has 2 heterocycles. The molecule has 0 radical (unpaired) electrons. The van der Waals surface area contributed by atoms with Crippen LogP contribution < -0.4 is 10.1 Å². The number of hydrogen-bond acceptors (Lipinski definition) is 5. The molecule has 0 aliphatic carbocycles. The van der Waals surface area contributed by atoms with Crippen molar-refractivity contribution in [2.45, 2.75) is 13.5 Å². The van der Waals surface area contributed by atoms with Crippen LogP contribution in [0, 0.1) is 0 Å². The molecule has 1 aliphatic rings. The van der Waals surface area contributed by atoms with Crippen LogP contribution >= 0.6 is 22.9 Å². The van der Waals surface area contributed by atoms with Gasteiger partial charge in [-0.2, -0.15) is 0 Å². The standard InChI is InChI=1S/C23H19ClN2O3S/c1-2-29-18-6-3-5-17(13-18)25-21-20(19-7-4-12-30-19)22(27)26(23(21)28)14-15-8-10-16(24)11-9-15/h3-13,25H,2,14H2,1H3. The summed E-state index contributed by atoms with van der Waals surface area (Å²) in [5.74, 6) is 0.0107. The second-order valence-corrected chi connectivity index (χ2v) is 8.02. The van der Waals surface area contributed by atoms with Gasteiger partial charge in [0.25, 0.3) is 11.8 Å². The van der Waals surface area contributed by atoms with E-state index in [4.69, 9.17) is 16.3 Å². The fraction of sp³-hybridized carbons (Fsp3) is 0.130. The molecule has 1 aromatic heterocycles. The Morgan fingerprint density at radius 3 is 2.53 bits per heavy atom. The minimum atomic E-state index is -0.361. The van der Waals surface area contributed by atoms with Crippen LogP contribution in [0.15, 0.2) is 71.7 Å². The Morgan fingerprint density at radius 2 is 1.83 bits per heavy atom. The summed E-state index contributed by atoms with van der Waals surface area (Å²) in [7, 11) is 0. The van der Waals surface area contributed by atoms with Gasteiger partial charge in [-0.25, -0.2) is 0 Å². The Hall–Kier alpha value is -3.09. The molecule has 2 amide bonds. The third kappa shape index (κ3) is 4.10. The van der Waals surface area contributed by atoms with Crippen molar-refractivity contribution in [2.75, 3.05) is 11.9 Å². The second kappa shape index (κ2) is 8.73. The van der Waals surface area contributed by atoms with Crippen LogP contribution in [0.3, 0.4) is 0 Å². The summed E-state index contributed by atoms with van der Waals surface area (Å²) in [6.45, 7) is 2.62. The number of imide groups is 1. The number of nitrogens with zero attached hydrogens (tertiary/aromatic N) is 1. The third-order valence-electron chi connectivity index (χ3n) is 4.60. The van der Waals surface area contributed by atoms with Gasteiger partial charge in [0.05, 0.1) is 18.7 Å². The van der Waals surface area contributed by atoms with Gasteiger partial charge in [-0.1, -0.05) is 35.9 Å². The molecular formula is C23H19ClN2O3S. The lowest BCUT2D eigenvalue weighted by Crippen LogP contribution is -2.31. The predicted molar refractivity (Wildman–Crippen MR) is 119 cm³/mol. The fourth-order valence-electron chi connectivity index (χ4n) is 3.23. The molecule has 0 bridgehead atoms. The average molecular weight is 439 g/mol. The smallest absolute Gasteiger partial charge is 0.278 e. The average Bonchev–Trinajstić information content (AvgIpc) is 3.33. The Balaban J connectivity index is 1.67. The number of anilines is 1. The first-order valence-electron chi connectivity index (χ1n) is 9.45. The Morgan fingerprint density at radius 1 is 1.03 bits per heavy atom. The molecule has 2 aromatic carbocycles. The fourth-order valence-corrected chi connectivity index (χ4v) is 4.13. The summed E-state index contributed by atoms with van der Waals surface area (Å²) in [6, 6.07) is 18.1. The first kappa shape index (κ1) is 20.2. The molecule has 3 aromatic rings. The highest BCUT2D eigenvalue weighted by Gasteiger charge is 2.39. The minimum Gasteiger partial charge on any atom is -0.494 e. The molecule has 152 valence electrons. The number of thiophene rings is 1. The van der Waals surface area contributed by atoms with E-state index < -0.39 is 0 Å².